The van der Waals surface area contributed by atoms with Crippen molar-refractivity contribution in [2.75, 3.05) is 6.61 Å². The van der Waals surface area contributed by atoms with Gasteiger partial charge in [0.1, 0.15) is 23.7 Å². The van der Waals surface area contributed by atoms with Crippen molar-refractivity contribution in [1.29, 1.82) is 0 Å². The molecule has 0 amide bonds. The predicted octanol–water partition coefficient (Wildman–Crippen LogP) is 4.30. The Balaban J connectivity index is 1.72. The lowest BCUT2D eigenvalue weighted by Crippen LogP contribution is -2.04. The fourth-order valence-electron chi connectivity index (χ4n) is 3.78. The quantitative estimate of drug-likeness (QED) is 0.365. The van der Waals surface area contributed by atoms with Crippen molar-refractivity contribution >= 4 is 16.9 Å². The summed E-state index contributed by atoms with van der Waals surface area (Å²) in [5, 5.41) is 19.4. The van der Waals surface area contributed by atoms with Gasteiger partial charge in [0, 0.05) is 29.5 Å². The number of rotatable bonds is 9. The van der Waals surface area contributed by atoms with E-state index in [0.29, 0.717) is 30.0 Å². The number of para-hydroxylation sites is 1. The Morgan fingerprint density at radius 2 is 1.84 bits per heavy atom. The van der Waals surface area contributed by atoms with Crippen LogP contribution in [0, 0.1) is 0 Å². The minimum absolute atomic E-state index is 0.00808. The lowest BCUT2D eigenvalue weighted by molar-refractivity contribution is -0.136. The molecule has 0 bridgehead atoms. The van der Waals surface area contributed by atoms with Crippen molar-refractivity contribution in [2.24, 2.45) is 5.73 Å². The molecule has 32 heavy (non-hydrogen) atoms. The number of fused-ring (bicyclic) bond motifs is 1. The van der Waals surface area contributed by atoms with Crippen LogP contribution in [0.2, 0.25) is 0 Å². The summed E-state index contributed by atoms with van der Waals surface area (Å²) < 4.78 is 12.1. The van der Waals surface area contributed by atoms with Crippen LogP contribution in [0.5, 0.6) is 5.75 Å². The van der Waals surface area contributed by atoms with Gasteiger partial charge in [-0.25, -0.2) is 0 Å². The number of hydrogen-bond donors (Lipinski definition) is 3. The molecule has 6 nitrogen and oxygen atoms in total. The molecule has 0 spiro atoms. The molecule has 4 rings (SSSR count). The summed E-state index contributed by atoms with van der Waals surface area (Å²) in [6.45, 7) is 0.721. The number of carboxylic acids is 1. The highest BCUT2D eigenvalue weighted by Crippen LogP contribution is 2.34. The van der Waals surface area contributed by atoms with Crippen LogP contribution in [-0.2, 0) is 30.8 Å². The standard InChI is InChI=1S/C26H25NO5/c27-15-17-4-3-6-19(10-17)23-12-18(11-21-13-22(8-9-28)32-26(21)23)16-31-24-7-2-1-5-20(24)14-25(29)30/h1-7,10-13,28H,8-9,14-16,27H2,(H,29,30). The number of aliphatic carboxylic acids is 1. The van der Waals surface area contributed by atoms with Crippen LogP contribution in [0.3, 0.4) is 0 Å². The number of carboxylic acid groups (broad SMARTS) is 1. The van der Waals surface area contributed by atoms with Crippen LogP contribution < -0.4 is 10.5 Å². The van der Waals surface area contributed by atoms with Crippen LogP contribution in [0.4, 0.5) is 0 Å². The maximum absolute atomic E-state index is 11.2. The van der Waals surface area contributed by atoms with Crippen molar-refractivity contribution in [1.82, 2.24) is 0 Å². The van der Waals surface area contributed by atoms with Crippen LogP contribution in [-0.4, -0.2) is 22.8 Å². The highest BCUT2D eigenvalue weighted by atomic mass is 16.5. The largest absolute Gasteiger partial charge is 0.489 e. The summed E-state index contributed by atoms with van der Waals surface area (Å²) in [5.41, 5.74) is 11.0. The summed E-state index contributed by atoms with van der Waals surface area (Å²) >= 11 is 0. The maximum atomic E-state index is 11.2. The molecule has 4 aromatic rings. The Labute approximate surface area is 185 Å². The molecule has 0 atom stereocenters. The zero-order valence-corrected chi connectivity index (χ0v) is 17.6. The van der Waals surface area contributed by atoms with Gasteiger partial charge >= 0.3 is 5.97 Å². The van der Waals surface area contributed by atoms with E-state index in [4.69, 9.17) is 20.0 Å². The van der Waals surface area contributed by atoms with Gasteiger partial charge in [0.15, 0.2) is 0 Å². The van der Waals surface area contributed by atoms with Gasteiger partial charge in [0.2, 0.25) is 0 Å². The van der Waals surface area contributed by atoms with Crippen LogP contribution in [0.15, 0.2) is 71.1 Å². The Hall–Kier alpha value is -3.61. The first kappa shape index (κ1) is 21.6. The van der Waals surface area contributed by atoms with E-state index in [1.807, 2.05) is 48.5 Å². The van der Waals surface area contributed by atoms with Gasteiger partial charge in [-0.05, 0) is 47.0 Å². The van der Waals surface area contributed by atoms with E-state index in [1.54, 1.807) is 18.2 Å². The zero-order valence-electron chi connectivity index (χ0n) is 17.6. The lowest BCUT2D eigenvalue weighted by Gasteiger charge is -2.12. The summed E-state index contributed by atoms with van der Waals surface area (Å²) in [6, 6.07) is 21.1. The van der Waals surface area contributed by atoms with Crippen LogP contribution in [0.1, 0.15) is 22.5 Å². The highest BCUT2D eigenvalue weighted by molar-refractivity contribution is 5.93. The number of carbonyl (C=O) groups is 1. The number of aliphatic hydroxyl groups excluding tert-OH is 1. The van der Waals surface area contributed by atoms with E-state index in [9.17, 15) is 9.90 Å². The second-order valence-electron chi connectivity index (χ2n) is 7.62. The van der Waals surface area contributed by atoms with Crippen molar-refractivity contribution in [3.63, 3.8) is 0 Å². The third-order valence-corrected chi connectivity index (χ3v) is 5.27. The minimum Gasteiger partial charge on any atom is -0.489 e. The van der Waals surface area contributed by atoms with E-state index >= 15 is 0 Å². The Morgan fingerprint density at radius 3 is 2.62 bits per heavy atom. The molecule has 0 unspecified atom stereocenters. The molecule has 0 saturated heterocycles. The van der Waals surface area contributed by atoms with Gasteiger partial charge in [0.25, 0.3) is 0 Å². The first-order valence-electron chi connectivity index (χ1n) is 10.5. The van der Waals surface area contributed by atoms with Crippen molar-refractivity contribution < 1.29 is 24.2 Å². The van der Waals surface area contributed by atoms with E-state index in [-0.39, 0.29) is 19.6 Å². The fraction of sp³-hybridized carbons (Fsp3) is 0.192. The van der Waals surface area contributed by atoms with E-state index in [1.165, 1.54) is 0 Å². The third kappa shape index (κ3) is 4.82. The van der Waals surface area contributed by atoms with Crippen LogP contribution >= 0.6 is 0 Å². The second-order valence-corrected chi connectivity index (χ2v) is 7.62. The Kier molecular flexibility index (Phi) is 6.54. The molecule has 0 fully saturated rings. The van der Waals surface area contributed by atoms with Crippen molar-refractivity contribution in [2.45, 2.75) is 26.0 Å². The number of ether oxygens (including phenoxy) is 1. The number of nitrogens with two attached hydrogens (primary N) is 1. The number of aliphatic hydroxyl groups is 1. The molecule has 0 aliphatic carbocycles. The molecular weight excluding hydrogens is 406 g/mol. The molecule has 0 aliphatic rings. The molecule has 4 N–H and O–H groups in total. The first-order valence-corrected chi connectivity index (χ1v) is 10.5. The van der Waals surface area contributed by atoms with E-state index in [2.05, 4.69) is 0 Å². The zero-order chi connectivity index (χ0) is 22.5. The number of furan rings is 1. The fourth-order valence-corrected chi connectivity index (χ4v) is 3.78. The van der Waals surface area contributed by atoms with E-state index in [0.717, 1.165) is 33.2 Å². The van der Waals surface area contributed by atoms with Crippen LogP contribution in [0.25, 0.3) is 22.1 Å². The average Bonchev–Trinajstić information content (AvgIpc) is 3.20. The molecule has 0 radical (unpaired) electrons. The molecular formula is C26H25NO5. The van der Waals surface area contributed by atoms with Gasteiger partial charge < -0.3 is 25.1 Å². The summed E-state index contributed by atoms with van der Waals surface area (Å²) in [7, 11) is 0. The van der Waals surface area contributed by atoms with Crippen molar-refractivity contribution in [3.05, 3.63) is 89.2 Å². The van der Waals surface area contributed by atoms with Gasteiger partial charge in [-0.15, -0.1) is 0 Å². The molecule has 0 aliphatic heterocycles. The predicted molar refractivity (Wildman–Crippen MR) is 122 cm³/mol. The summed E-state index contributed by atoms with van der Waals surface area (Å²) in [5.74, 6) is 0.359. The molecule has 0 saturated carbocycles. The molecule has 1 heterocycles. The maximum Gasteiger partial charge on any atom is 0.307 e. The monoisotopic (exact) mass is 431 g/mol. The average molecular weight is 431 g/mol. The minimum atomic E-state index is -0.903. The second kappa shape index (κ2) is 9.68. The smallest absolute Gasteiger partial charge is 0.307 e. The third-order valence-electron chi connectivity index (χ3n) is 5.27. The van der Waals surface area contributed by atoms with Gasteiger partial charge in [0.05, 0.1) is 13.0 Å². The Morgan fingerprint density at radius 1 is 1.00 bits per heavy atom. The van der Waals surface area contributed by atoms with Gasteiger partial charge in [-0.1, -0.05) is 36.4 Å². The molecule has 6 heteroatoms. The molecule has 164 valence electrons. The first-order chi connectivity index (χ1) is 15.6. The normalized spacial score (nSPS) is 11.1. The summed E-state index contributed by atoms with van der Waals surface area (Å²) in [6.07, 6.45) is 0.337. The Bertz CT molecular complexity index is 1240. The topological polar surface area (TPSA) is 106 Å². The van der Waals surface area contributed by atoms with E-state index < -0.39 is 5.97 Å². The summed E-state index contributed by atoms with van der Waals surface area (Å²) in [4.78, 5) is 11.2. The van der Waals surface area contributed by atoms with Gasteiger partial charge in [-0.3, -0.25) is 4.79 Å². The number of benzene rings is 3. The molecule has 1 aromatic heterocycles. The van der Waals surface area contributed by atoms with Gasteiger partial charge in [-0.2, -0.15) is 0 Å². The lowest BCUT2D eigenvalue weighted by atomic mass is 9.99. The molecule has 3 aromatic carbocycles. The number of hydrogen-bond acceptors (Lipinski definition) is 5. The SMILES string of the molecule is NCc1cccc(-c2cc(COc3ccccc3CC(=O)O)cc3cc(CCO)oc23)c1. The van der Waals surface area contributed by atoms with Crippen molar-refractivity contribution in [3.8, 4) is 16.9 Å². The highest BCUT2D eigenvalue weighted by Gasteiger charge is 2.14.